The van der Waals surface area contributed by atoms with Gasteiger partial charge in [0.2, 0.25) is 0 Å². The molecule has 0 saturated carbocycles. The molecule has 0 radical (unpaired) electrons. The first kappa shape index (κ1) is 11.7. The Kier molecular flexibility index (Phi) is 4.82. The zero-order chi connectivity index (χ0) is 8.97. The summed E-state index contributed by atoms with van der Waals surface area (Å²) in [6, 6.07) is 9.68. The van der Waals surface area contributed by atoms with Gasteiger partial charge in [-0.05, 0) is 11.5 Å². The number of rotatable bonds is 3. The molecular formula is C11H16O2. The quantitative estimate of drug-likeness (QED) is 0.776. The molecule has 0 aromatic heterocycles. The molecule has 1 unspecified atom stereocenters. The van der Waals surface area contributed by atoms with Gasteiger partial charge in [0.1, 0.15) is 0 Å². The molecule has 2 heteroatoms. The number of hydrogen-bond acceptors (Lipinski definition) is 1. The number of aliphatic carboxylic acids is 1. The molecule has 0 aliphatic heterocycles. The van der Waals surface area contributed by atoms with E-state index in [2.05, 4.69) is 0 Å². The first-order valence-corrected chi connectivity index (χ1v) is 3.97. The number of benzene rings is 1. The molecule has 1 N–H and O–H groups in total. The van der Waals surface area contributed by atoms with Crippen molar-refractivity contribution in [1.82, 2.24) is 0 Å². The smallest absolute Gasteiger partial charge is 0.303 e. The molecule has 1 atom stereocenters. The first-order valence-electron chi connectivity index (χ1n) is 3.97. The fourth-order valence-electron chi connectivity index (χ4n) is 1.16. The largest absolute Gasteiger partial charge is 0.481 e. The fraction of sp³-hybridized carbons (Fsp3) is 0.364. The molecule has 1 aromatic carbocycles. The molecule has 0 fully saturated rings. The van der Waals surface area contributed by atoms with Crippen molar-refractivity contribution in [2.24, 2.45) is 0 Å². The summed E-state index contributed by atoms with van der Waals surface area (Å²) in [4.78, 5) is 10.4. The maximum absolute atomic E-state index is 10.4. The molecule has 0 amide bonds. The van der Waals surface area contributed by atoms with Crippen LogP contribution in [0.15, 0.2) is 30.3 Å². The highest BCUT2D eigenvalue weighted by molar-refractivity contribution is 5.67. The average Bonchev–Trinajstić information content (AvgIpc) is 2.05. The van der Waals surface area contributed by atoms with E-state index >= 15 is 0 Å². The minimum atomic E-state index is -0.744. The summed E-state index contributed by atoms with van der Waals surface area (Å²) in [5.74, 6) is -0.643. The number of carboxylic acid groups (broad SMARTS) is 1. The van der Waals surface area contributed by atoms with Crippen molar-refractivity contribution in [3.05, 3.63) is 35.9 Å². The normalized spacial score (nSPS) is 11.5. The van der Waals surface area contributed by atoms with Gasteiger partial charge in [-0.3, -0.25) is 4.79 Å². The van der Waals surface area contributed by atoms with Crippen LogP contribution in [-0.2, 0) is 4.79 Å². The maximum atomic E-state index is 10.4. The van der Waals surface area contributed by atoms with Gasteiger partial charge in [0, 0.05) is 0 Å². The molecule has 2 nitrogen and oxygen atoms in total. The summed E-state index contributed by atoms with van der Waals surface area (Å²) in [5, 5.41) is 8.55. The highest BCUT2D eigenvalue weighted by Gasteiger charge is 2.08. The van der Waals surface area contributed by atoms with Crippen molar-refractivity contribution in [2.45, 2.75) is 26.7 Å². The van der Waals surface area contributed by atoms with Crippen LogP contribution in [0.1, 0.15) is 32.3 Å². The predicted octanol–water partition coefficient (Wildman–Crippen LogP) is 2.90. The topological polar surface area (TPSA) is 37.3 Å². The third-order valence-electron chi connectivity index (χ3n) is 1.85. The van der Waals surface area contributed by atoms with Crippen molar-refractivity contribution in [3.8, 4) is 0 Å². The minimum Gasteiger partial charge on any atom is -0.481 e. The van der Waals surface area contributed by atoms with E-state index < -0.39 is 5.97 Å². The summed E-state index contributed by atoms with van der Waals surface area (Å²) in [6.45, 7) is 1.92. The second-order valence-electron chi connectivity index (χ2n) is 2.91. The Balaban J connectivity index is 0.00000144. The monoisotopic (exact) mass is 180 g/mol. The van der Waals surface area contributed by atoms with Crippen LogP contribution >= 0.6 is 0 Å². The van der Waals surface area contributed by atoms with E-state index in [9.17, 15) is 4.79 Å². The Morgan fingerprint density at radius 2 is 1.92 bits per heavy atom. The van der Waals surface area contributed by atoms with Gasteiger partial charge >= 0.3 is 5.97 Å². The molecular weight excluding hydrogens is 164 g/mol. The molecule has 72 valence electrons. The van der Waals surface area contributed by atoms with Gasteiger partial charge in [-0.15, -0.1) is 0 Å². The van der Waals surface area contributed by atoms with Crippen molar-refractivity contribution in [3.63, 3.8) is 0 Å². The predicted molar refractivity (Wildman–Crippen MR) is 53.8 cm³/mol. The van der Waals surface area contributed by atoms with Crippen LogP contribution < -0.4 is 0 Å². The average molecular weight is 180 g/mol. The van der Waals surface area contributed by atoms with Crippen LogP contribution in [0.25, 0.3) is 0 Å². The maximum Gasteiger partial charge on any atom is 0.303 e. The molecule has 13 heavy (non-hydrogen) atoms. The van der Waals surface area contributed by atoms with Crippen LogP contribution in [0.4, 0.5) is 0 Å². The standard InChI is InChI=1S/C10H12O2.CH4/c1-8(7-10(11)12)9-5-3-2-4-6-9;/h2-6,8H,7H2,1H3,(H,11,12);1H4. The highest BCUT2D eigenvalue weighted by Crippen LogP contribution is 2.17. The van der Waals surface area contributed by atoms with E-state index in [4.69, 9.17) is 5.11 Å². The van der Waals surface area contributed by atoms with Crippen molar-refractivity contribution in [1.29, 1.82) is 0 Å². The highest BCUT2D eigenvalue weighted by atomic mass is 16.4. The lowest BCUT2D eigenvalue weighted by Crippen LogP contribution is -2.02. The Hall–Kier alpha value is -1.31. The van der Waals surface area contributed by atoms with Gasteiger partial charge in [0.25, 0.3) is 0 Å². The molecule has 1 rings (SSSR count). The Bertz CT molecular complexity index is 254. The summed E-state index contributed by atoms with van der Waals surface area (Å²) in [5.41, 5.74) is 1.08. The number of hydrogen-bond donors (Lipinski definition) is 1. The fourth-order valence-corrected chi connectivity index (χ4v) is 1.16. The van der Waals surface area contributed by atoms with Crippen molar-refractivity contribution < 1.29 is 9.90 Å². The zero-order valence-corrected chi connectivity index (χ0v) is 7.03. The van der Waals surface area contributed by atoms with Crippen molar-refractivity contribution >= 4 is 5.97 Å². The lowest BCUT2D eigenvalue weighted by Gasteiger charge is -2.07. The molecule has 0 saturated heterocycles. The SMILES string of the molecule is C.CC(CC(=O)O)c1ccccc1. The van der Waals surface area contributed by atoms with Gasteiger partial charge in [0.15, 0.2) is 0 Å². The van der Waals surface area contributed by atoms with Crippen molar-refractivity contribution in [2.75, 3.05) is 0 Å². The number of carboxylic acids is 1. The Morgan fingerprint density at radius 1 is 1.38 bits per heavy atom. The van der Waals surface area contributed by atoms with E-state index in [0.29, 0.717) is 0 Å². The van der Waals surface area contributed by atoms with E-state index in [1.807, 2.05) is 37.3 Å². The molecule has 0 spiro atoms. The van der Waals surface area contributed by atoms with Gasteiger partial charge in [0.05, 0.1) is 6.42 Å². The summed E-state index contributed by atoms with van der Waals surface area (Å²) in [6.07, 6.45) is 0.198. The zero-order valence-electron chi connectivity index (χ0n) is 7.03. The van der Waals surface area contributed by atoms with E-state index in [1.54, 1.807) is 0 Å². The van der Waals surface area contributed by atoms with Gasteiger partial charge in [-0.2, -0.15) is 0 Å². The van der Waals surface area contributed by atoms with Gasteiger partial charge in [-0.25, -0.2) is 0 Å². The van der Waals surface area contributed by atoms with Gasteiger partial charge < -0.3 is 5.11 Å². The van der Waals surface area contributed by atoms with Crippen LogP contribution in [0, 0.1) is 0 Å². The second-order valence-corrected chi connectivity index (χ2v) is 2.91. The van der Waals surface area contributed by atoms with Crippen LogP contribution in [0.2, 0.25) is 0 Å². The molecule has 0 aliphatic carbocycles. The third-order valence-corrected chi connectivity index (χ3v) is 1.85. The second kappa shape index (κ2) is 5.36. The molecule has 1 aromatic rings. The van der Waals surface area contributed by atoms with Gasteiger partial charge in [-0.1, -0.05) is 44.7 Å². The summed E-state index contributed by atoms with van der Waals surface area (Å²) >= 11 is 0. The van der Waals surface area contributed by atoms with E-state index in [1.165, 1.54) is 0 Å². The third kappa shape index (κ3) is 3.74. The van der Waals surface area contributed by atoms with E-state index in [0.717, 1.165) is 5.56 Å². The number of carbonyl (C=O) groups is 1. The molecule has 0 aliphatic rings. The Labute approximate surface area is 79.2 Å². The van der Waals surface area contributed by atoms with Crippen LogP contribution in [0.3, 0.4) is 0 Å². The molecule has 0 heterocycles. The summed E-state index contributed by atoms with van der Waals surface area (Å²) in [7, 11) is 0. The molecule has 0 bridgehead atoms. The first-order chi connectivity index (χ1) is 5.70. The lowest BCUT2D eigenvalue weighted by atomic mass is 9.98. The Morgan fingerprint density at radius 3 is 2.38 bits per heavy atom. The summed E-state index contributed by atoms with van der Waals surface area (Å²) < 4.78 is 0. The lowest BCUT2D eigenvalue weighted by molar-refractivity contribution is -0.137. The minimum absolute atomic E-state index is 0. The van der Waals surface area contributed by atoms with E-state index in [-0.39, 0.29) is 19.8 Å². The van der Waals surface area contributed by atoms with Crippen LogP contribution in [0.5, 0.6) is 0 Å². The van der Waals surface area contributed by atoms with Crippen LogP contribution in [-0.4, -0.2) is 11.1 Å².